The second-order valence-electron chi connectivity index (χ2n) is 3.87. The molecule has 0 fully saturated rings. The maximum Gasteiger partial charge on any atom is 0.0890 e. The van der Waals surface area contributed by atoms with Crippen molar-refractivity contribution in [3.8, 4) is 0 Å². The average molecular weight is 249 g/mol. The molecule has 0 N–H and O–H groups in total. The van der Waals surface area contributed by atoms with Gasteiger partial charge in [-0.3, -0.25) is 9.97 Å². The fraction of sp³-hybridized carbons (Fsp3) is 0.0625. The van der Waals surface area contributed by atoms with Gasteiger partial charge in [-0.2, -0.15) is 0 Å². The van der Waals surface area contributed by atoms with Crippen molar-refractivity contribution in [2.75, 3.05) is 0 Å². The van der Waals surface area contributed by atoms with E-state index in [9.17, 15) is 0 Å². The lowest BCUT2D eigenvalue weighted by molar-refractivity contribution is 1.25. The monoisotopic (exact) mass is 249 g/mol. The van der Waals surface area contributed by atoms with Gasteiger partial charge < -0.3 is 0 Å². The summed E-state index contributed by atoms with van der Waals surface area (Å²) in [7, 11) is 0. The van der Waals surface area contributed by atoms with E-state index in [1.807, 2.05) is 55.5 Å². The summed E-state index contributed by atoms with van der Waals surface area (Å²) >= 11 is 0. The summed E-state index contributed by atoms with van der Waals surface area (Å²) in [6.45, 7) is 5.91. The zero-order valence-electron chi connectivity index (χ0n) is 10.8. The van der Waals surface area contributed by atoms with Crippen LogP contribution in [0.15, 0.2) is 72.5 Å². The Morgan fingerprint density at radius 3 is 2.21 bits per heavy atom. The van der Waals surface area contributed by atoms with Gasteiger partial charge in [-0.1, -0.05) is 24.8 Å². The van der Waals surface area contributed by atoms with Gasteiger partial charge in [-0.05, 0) is 37.3 Å². The molecular weight excluding hydrogens is 234 g/mol. The number of pyridine rings is 2. The van der Waals surface area contributed by atoms with Crippen molar-refractivity contribution in [2.45, 2.75) is 6.92 Å². The lowest BCUT2D eigenvalue weighted by Crippen LogP contribution is -2.00. The summed E-state index contributed by atoms with van der Waals surface area (Å²) in [5, 5.41) is 0. The van der Waals surface area contributed by atoms with Crippen molar-refractivity contribution in [1.82, 2.24) is 9.97 Å². The molecule has 0 radical (unpaired) electrons. The highest BCUT2D eigenvalue weighted by Gasteiger charge is 2.03. The van der Waals surface area contributed by atoms with Crippen LogP contribution in [0.1, 0.15) is 18.3 Å². The summed E-state index contributed by atoms with van der Waals surface area (Å²) in [6.07, 6.45) is 7.32. The van der Waals surface area contributed by atoms with E-state index in [4.69, 9.17) is 0 Å². The second kappa shape index (κ2) is 6.40. The maximum atomic E-state index is 4.52. The zero-order chi connectivity index (χ0) is 13.5. The molecule has 0 saturated carbocycles. The molecule has 0 saturated heterocycles. The Bertz CT molecular complexity index is 598. The Kier molecular flexibility index (Phi) is 4.34. The SMILES string of the molecule is C=C(N=C(/C=C\C)c1ccccn1)c1ccccn1. The van der Waals surface area contributed by atoms with Gasteiger partial charge in [0.2, 0.25) is 0 Å². The standard InChI is InChI=1S/C16H15N3/c1-3-8-16(15-10-5-7-12-18-15)19-13(2)14-9-4-6-11-17-14/h3-12H,2H2,1H3/b8-3-,19-16?. The summed E-state index contributed by atoms with van der Waals surface area (Å²) < 4.78 is 0. The van der Waals surface area contributed by atoms with Gasteiger partial charge >= 0.3 is 0 Å². The van der Waals surface area contributed by atoms with Crippen LogP contribution < -0.4 is 0 Å². The van der Waals surface area contributed by atoms with E-state index in [2.05, 4.69) is 21.5 Å². The minimum atomic E-state index is 0.624. The number of hydrogen-bond acceptors (Lipinski definition) is 3. The van der Waals surface area contributed by atoms with Crippen LogP contribution in [-0.4, -0.2) is 15.7 Å². The Morgan fingerprint density at radius 1 is 1.05 bits per heavy atom. The minimum Gasteiger partial charge on any atom is -0.255 e. The van der Waals surface area contributed by atoms with Crippen molar-refractivity contribution < 1.29 is 0 Å². The predicted octanol–water partition coefficient (Wildman–Crippen LogP) is 3.51. The van der Waals surface area contributed by atoms with Crippen molar-refractivity contribution in [3.63, 3.8) is 0 Å². The Balaban J connectivity index is 2.35. The summed E-state index contributed by atoms with van der Waals surface area (Å²) in [6, 6.07) is 11.4. The fourth-order valence-electron chi connectivity index (χ4n) is 1.59. The number of nitrogens with zero attached hydrogens (tertiary/aromatic N) is 3. The van der Waals surface area contributed by atoms with E-state index < -0.39 is 0 Å². The number of rotatable bonds is 4. The molecule has 0 aliphatic carbocycles. The number of hydrogen-bond donors (Lipinski definition) is 0. The van der Waals surface area contributed by atoms with Crippen LogP contribution in [-0.2, 0) is 0 Å². The third kappa shape index (κ3) is 3.45. The topological polar surface area (TPSA) is 38.1 Å². The summed E-state index contributed by atoms with van der Waals surface area (Å²) in [5.41, 5.74) is 2.98. The molecule has 3 heteroatoms. The molecule has 0 unspecified atom stereocenters. The van der Waals surface area contributed by atoms with Crippen molar-refractivity contribution in [2.24, 2.45) is 4.99 Å². The second-order valence-corrected chi connectivity index (χ2v) is 3.87. The quantitative estimate of drug-likeness (QED) is 0.778. The first-order valence-corrected chi connectivity index (χ1v) is 6.04. The average Bonchev–Trinajstić information content (AvgIpc) is 2.48. The third-order valence-corrected chi connectivity index (χ3v) is 2.47. The highest BCUT2D eigenvalue weighted by atomic mass is 14.8. The van der Waals surface area contributed by atoms with Crippen LogP contribution in [0.3, 0.4) is 0 Å². The third-order valence-electron chi connectivity index (χ3n) is 2.47. The van der Waals surface area contributed by atoms with E-state index in [1.165, 1.54) is 0 Å². The molecule has 2 heterocycles. The number of allylic oxidation sites excluding steroid dienone is 2. The van der Waals surface area contributed by atoms with Crippen molar-refractivity contribution in [1.29, 1.82) is 0 Å². The summed E-state index contributed by atoms with van der Waals surface area (Å²) in [4.78, 5) is 13.1. The molecule has 2 aromatic heterocycles. The Morgan fingerprint density at radius 2 is 1.68 bits per heavy atom. The van der Waals surface area contributed by atoms with E-state index >= 15 is 0 Å². The van der Waals surface area contributed by atoms with Crippen molar-refractivity contribution >= 4 is 11.4 Å². The van der Waals surface area contributed by atoms with E-state index in [-0.39, 0.29) is 0 Å². The molecule has 0 aliphatic heterocycles. The molecule has 0 aliphatic rings. The molecule has 0 atom stereocenters. The zero-order valence-corrected chi connectivity index (χ0v) is 10.8. The molecule has 2 aromatic rings. The molecule has 19 heavy (non-hydrogen) atoms. The number of aliphatic imine (C=N–C) groups is 1. The van der Waals surface area contributed by atoms with Gasteiger partial charge in [0, 0.05) is 12.4 Å². The predicted molar refractivity (Wildman–Crippen MR) is 78.9 cm³/mol. The van der Waals surface area contributed by atoms with E-state index in [0.29, 0.717) is 5.70 Å². The van der Waals surface area contributed by atoms with Gasteiger partial charge in [0.15, 0.2) is 0 Å². The lowest BCUT2D eigenvalue weighted by atomic mass is 10.2. The number of aromatic nitrogens is 2. The van der Waals surface area contributed by atoms with Crippen molar-refractivity contribution in [3.05, 3.63) is 78.9 Å². The van der Waals surface area contributed by atoms with E-state index in [1.54, 1.807) is 12.4 Å². The van der Waals surface area contributed by atoms with Gasteiger partial charge in [0.25, 0.3) is 0 Å². The Labute approximate surface area is 113 Å². The first-order valence-electron chi connectivity index (χ1n) is 6.04. The molecular formula is C16H15N3. The van der Waals surface area contributed by atoms with Crippen LogP contribution in [0.4, 0.5) is 0 Å². The molecule has 94 valence electrons. The first-order chi connectivity index (χ1) is 9.31. The molecule has 0 spiro atoms. The van der Waals surface area contributed by atoms with Gasteiger partial charge in [0.05, 0.1) is 22.8 Å². The van der Waals surface area contributed by atoms with Gasteiger partial charge in [-0.15, -0.1) is 0 Å². The van der Waals surface area contributed by atoms with Crippen LogP contribution in [0, 0.1) is 0 Å². The smallest absolute Gasteiger partial charge is 0.0890 e. The Hall–Kier alpha value is -2.55. The minimum absolute atomic E-state index is 0.624. The van der Waals surface area contributed by atoms with Crippen LogP contribution in [0.2, 0.25) is 0 Å². The lowest BCUT2D eigenvalue weighted by Gasteiger charge is -2.03. The maximum absolute atomic E-state index is 4.52. The van der Waals surface area contributed by atoms with Gasteiger partial charge in [-0.25, -0.2) is 4.99 Å². The normalized spacial score (nSPS) is 11.7. The van der Waals surface area contributed by atoms with Crippen LogP contribution in [0.25, 0.3) is 5.70 Å². The largest absolute Gasteiger partial charge is 0.255 e. The molecule has 0 aromatic carbocycles. The molecule has 0 bridgehead atoms. The molecule has 3 nitrogen and oxygen atoms in total. The molecule has 0 amide bonds. The van der Waals surface area contributed by atoms with E-state index in [0.717, 1.165) is 17.1 Å². The molecule has 2 rings (SSSR count). The fourth-order valence-corrected chi connectivity index (χ4v) is 1.59. The highest BCUT2D eigenvalue weighted by molar-refractivity contribution is 6.09. The summed E-state index contributed by atoms with van der Waals surface area (Å²) in [5.74, 6) is 0. The van der Waals surface area contributed by atoms with Crippen LogP contribution >= 0.6 is 0 Å². The van der Waals surface area contributed by atoms with Gasteiger partial charge in [0.1, 0.15) is 0 Å². The highest BCUT2D eigenvalue weighted by Crippen LogP contribution is 2.12. The first kappa shape index (κ1) is 12.9. The van der Waals surface area contributed by atoms with Crippen LogP contribution in [0.5, 0.6) is 0 Å².